The van der Waals surface area contributed by atoms with E-state index in [-0.39, 0.29) is 25.2 Å². The number of aliphatic hydroxyl groups excluding tert-OH is 2. The van der Waals surface area contributed by atoms with Crippen LogP contribution in [0.5, 0.6) is 0 Å². The lowest BCUT2D eigenvalue weighted by atomic mass is 10.0. The van der Waals surface area contributed by atoms with Crippen molar-refractivity contribution in [2.24, 2.45) is 0 Å². The van der Waals surface area contributed by atoms with Gasteiger partial charge in [-0.1, -0.05) is 38.3 Å². The topological polar surface area (TPSA) is 106 Å². The van der Waals surface area contributed by atoms with Crippen LogP contribution < -0.4 is 4.90 Å². The van der Waals surface area contributed by atoms with E-state index in [4.69, 9.17) is 14.2 Å². The second-order valence-corrected chi connectivity index (χ2v) is 12.4. The molecule has 3 heterocycles. The quantitative estimate of drug-likeness (QED) is 0.226. The van der Waals surface area contributed by atoms with Gasteiger partial charge in [0.25, 0.3) is 0 Å². The van der Waals surface area contributed by atoms with E-state index in [9.17, 15) is 19.8 Å². The number of amides is 1. The number of hydrogen-bond donors (Lipinski definition) is 2. The van der Waals surface area contributed by atoms with Crippen molar-refractivity contribution in [3.05, 3.63) is 51.7 Å². The van der Waals surface area contributed by atoms with E-state index >= 15 is 0 Å². The Balaban J connectivity index is 1.25. The van der Waals surface area contributed by atoms with Gasteiger partial charge in [0.05, 0.1) is 12.7 Å². The summed E-state index contributed by atoms with van der Waals surface area (Å²) in [7, 11) is 0. The Morgan fingerprint density at radius 2 is 1.88 bits per heavy atom. The summed E-state index contributed by atoms with van der Waals surface area (Å²) in [5, 5.41) is 20.0. The number of benzene rings is 1. The summed E-state index contributed by atoms with van der Waals surface area (Å²) in [5.41, 5.74) is 1.79. The van der Waals surface area contributed by atoms with E-state index < -0.39 is 30.1 Å². The lowest BCUT2D eigenvalue weighted by molar-refractivity contribution is -0.151. The third kappa shape index (κ3) is 7.91. The average molecular weight is 574 g/mol. The van der Waals surface area contributed by atoms with Crippen molar-refractivity contribution in [2.45, 2.75) is 109 Å². The number of rotatable bonds is 14. The molecular formula is C31H43NO7S. The van der Waals surface area contributed by atoms with Gasteiger partial charge in [0, 0.05) is 23.0 Å². The van der Waals surface area contributed by atoms with Gasteiger partial charge >= 0.3 is 5.97 Å². The number of unbranched alkanes of at least 4 members (excludes halogenated alkanes) is 2. The van der Waals surface area contributed by atoms with Crippen LogP contribution in [0.4, 0.5) is 5.69 Å². The van der Waals surface area contributed by atoms with Crippen molar-refractivity contribution >= 4 is 28.9 Å². The Bertz CT molecular complexity index is 1120. The number of aliphatic hydroxyl groups is 2. The fraction of sp³-hybridized carbons (Fsp3) is 0.613. The van der Waals surface area contributed by atoms with Gasteiger partial charge in [-0.25, -0.2) is 4.79 Å². The Morgan fingerprint density at radius 1 is 1.12 bits per heavy atom. The predicted molar refractivity (Wildman–Crippen MR) is 155 cm³/mol. The minimum atomic E-state index is -0.820. The van der Waals surface area contributed by atoms with Crippen molar-refractivity contribution in [3.8, 4) is 0 Å². The highest BCUT2D eigenvalue weighted by Gasteiger charge is 2.41. The predicted octanol–water partition coefficient (Wildman–Crippen LogP) is 5.55. The van der Waals surface area contributed by atoms with Crippen molar-refractivity contribution in [1.29, 1.82) is 0 Å². The highest BCUT2D eigenvalue weighted by molar-refractivity contribution is 7.13. The average Bonchev–Trinajstić information content (AvgIpc) is 3.64. The molecule has 1 amide bonds. The van der Waals surface area contributed by atoms with Gasteiger partial charge in [-0.05, 0) is 75.8 Å². The van der Waals surface area contributed by atoms with Crippen LogP contribution in [0.25, 0.3) is 0 Å². The van der Waals surface area contributed by atoms with Crippen LogP contribution in [0, 0.1) is 0 Å². The molecule has 2 N–H and O–H groups in total. The molecule has 0 bridgehead atoms. The number of thiophene rings is 1. The van der Waals surface area contributed by atoms with Crippen LogP contribution in [-0.2, 0) is 25.4 Å². The van der Waals surface area contributed by atoms with Crippen LogP contribution in [0.1, 0.15) is 98.4 Å². The Morgan fingerprint density at radius 3 is 2.60 bits per heavy atom. The van der Waals surface area contributed by atoms with Crippen LogP contribution >= 0.6 is 11.3 Å². The van der Waals surface area contributed by atoms with Crippen LogP contribution in [-0.4, -0.2) is 59.3 Å². The monoisotopic (exact) mass is 573 g/mol. The molecule has 4 atom stereocenters. The van der Waals surface area contributed by atoms with Gasteiger partial charge in [-0.15, -0.1) is 11.3 Å². The second-order valence-electron chi connectivity index (χ2n) is 11.2. The fourth-order valence-corrected chi connectivity index (χ4v) is 6.49. The Hall–Kier alpha value is -2.30. The molecule has 0 radical (unpaired) electrons. The maximum atomic E-state index is 12.7. The number of carbonyl (C=O) groups excluding carboxylic acids is 2. The van der Waals surface area contributed by atoms with Gasteiger partial charge in [0.1, 0.15) is 23.7 Å². The summed E-state index contributed by atoms with van der Waals surface area (Å²) < 4.78 is 16.8. The molecule has 2 aliphatic heterocycles. The van der Waals surface area contributed by atoms with E-state index in [1.165, 1.54) is 11.3 Å². The number of nitrogens with zero attached hydrogens (tertiary/aromatic N) is 1. The molecule has 2 aliphatic rings. The molecule has 220 valence electrons. The molecule has 1 unspecified atom stereocenters. The van der Waals surface area contributed by atoms with Crippen molar-refractivity contribution in [2.75, 3.05) is 18.1 Å². The summed E-state index contributed by atoms with van der Waals surface area (Å²) in [6, 6.07) is 11.7. The van der Waals surface area contributed by atoms with Gasteiger partial charge in [0.15, 0.2) is 5.79 Å². The Labute approximate surface area is 241 Å². The molecule has 0 saturated carbocycles. The molecule has 2 saturated heterocycles. The SMILES string of the molecule is CCCCC[C@H](O)c1ccc(N2C(=O)CCC2CCCc2ccc(C(=O)OC[C@H]3OC(C)(C)O[C@@H]3CO)s2)cc1. The first-order valence-electron chi connectivity index (χ1n) is 14.5. The lowest BCUT2D eigenvalue weighted by Crippen LogP contribution is -2.32. The highest BCUT2D eigenvalue weighted by atomic mass is 32.1. The fourth-order valence-electron chi connectivity index (χ4n) is 5.55. The van der Waals surface area contributed by atoms with E-state index in [1.807, 2.05) is 35.2 Å². The summed E-state index contributed by atoms with van der Waals surface area (Å²) >= 11 is 1.42. The van der Waals surface area contributed by atoms with Crippen molar-refractivity contribution < 1.29 is 34.0 Å². The minimum Gasteiger partial charge on any atom is -0.459 e. The van der Waals surface area contributed by atoms with E-state index in [0.29, 0.717) is 11.3 Å². The van der Waals surface area contributed by atoms with E-state index in [0.717, 1.165) is 67.5 Å². The third-order valence-electron chi connectivity index (χ3n) is 7.63. The zero-order chi connectivity index (χ0) is 28.7. The van der Waals surface area contributed by atoms with Crippen molar-refractivity contribution in [1.82, 2.24) is 0 Å². The molecule has 2 aromatic rings. The molecule has 9 heteroatoms. The first-order chi connectivity index (χ1) is 19.2. The number of aryl methyl sites for hydroxylation is 1. The molecule has 4 rings (SSSR count). The largest absolute Gasteiger partial charge is 0.459 e. The first kappa shape index (κ1) is 30.7. The van der Waals surface area contributed by atoms with Gasteiger partial charge < -0.3 is 29.3 Å². The summed E-state index contributed by atoms with van der Waals surface area (Å²) in [4.78, 5) is 28.9. The van der Waals surface area contributed by atoms with E-state index in [1.54, 1.807) is 19.9 Å². The molecular weight excluding hydrogens is 530 g/mol. The molecule has 1 aromatic heterocycles. The maximum Gasteiger partial charge on any atom is 0.348 e. The lowest BCUT2D eigenvalue weighted by Gasteiger charge is -2.25. The summed E-state index contributed by atoms with van der Waals surface area (Å²) in [5.74, 6) is -1.08. The number of hydrogen-bond acceptors (Lipinski definition) is 8. The number of ether oxygens (including phenoxy) is 3. The minimum absolute atomic E-state index is 0.0189. The molecule has 2 fully saturated rings. The molecule has 1 aromatic carbocycles. The number of anilines is 1. The molecule has 40 heavy (non-hydrogen) atoms. The summed E-state index contributed by atoms with van der Waals surface area (Å²) in [6.07, 6.45) is 6.49. The van der Waals surface area contributed by atoms with E-state index in [2.05, 4.69) is 6.92 Å². The third-order valence-corrected chi connectivity index (χ3v) is 8.75. The molecule has 8 nitrogen and oxygen atoms in total. The number of carbonyl (C=O) groups is 2. The summed E-state index contributed by atoms with van der Waals surface area (Å²) in [6.45, 7) is 5.50. The standard InChI is InChI=1S/C31H43NO7S/c1-4-5-6-10-25(34)21-11-13-23(14-12-21)32-22(15-18-29(32)35)8-7-9-24-16-17-28(40-24)30(36)37-20-27-26(19-33)38-31(2,3)39-27/h11-14,16-17,22,25-27,33-34H,4-10,15,18-20H2,1-3H3/t22?,25-,26+,27+/m0/s1. The first-order valence-corrected chi connectivity index (χ1v) is 15.3. The number of esters is 1. The van der Waals surface area contributed by atoms with Gasteiger partial charge in [-0.3, -0.25) is 4.79 Å². The van der Waals surface area contributed by atoms with Crippen LogP contribution in [0.3, 0.4) is 0 Å². The maximum absolute atomic E-state index is 12.7. The Kier molecular flexibility index (Phi) is 10.8. The van der Waals surface area contributed by atoms with Gasteiger partial charge in [-0.2, -0.15) is 0 Å². The second kappa shape index (κ2) is 14.0. The van der Waals surface area contributed by atoms with Gasteiger partial charge in [0.2, 0.25) is 5.91 Å². The normalized spacial score (nSPS) is 23.1. The molecule has 0 aliphatic carbocycles. The molecule has 0 spiro atoms. The zero-order valence-electron chi connectivity index (χ0n) is 23.8. The van der Waals surface area contributed by atoms with Crippen molar-refractivity contribution in [3.63, 3.8) is 0 Å². The van der Waals surface area contributed by atoms with Crippen LogP contribution in [0.2, 0.25) is 0 Å². The smallest absolute Gasteiger partial charge is 0.348 e. The highest BCUT2D eigenvalue weighted by Crippen LogP contribution is 2.32. The van der Waals surface area contributed by atoms with Crippen LogP contribution in [0.15, 0.2) is 36.4 Å². The zero-order valence-corrected chi connectivity index (χ0v) is 24.7.